The highest BCUT2D eigenvalue weighted by Gasteiger charge is 2.30. The molecule has 1 heterocycles. The number of sulfonamides is 1. The van der Waals surface area contributed by atoms with Gasteiger partial charge in [0.05, 0.1) is 18.5 Å². The molecule has 1 aliphatic rings. The molecule has 2 aromatic rings. The Kier molecular flexibility index (Phi) is 6.71. The number of ether oxygens (including phenoxy) is 3. The molecule has 0 spiro atoms. The van der Waals surface area contributed by atoms with E-state index in [4.69, 9.17) is 14.2 Å². The summed E-state index contributed by atoms with van der Waals surface area (Å²) in [5.74, 6) is 1.27. The number of rotatable bonds is 8. The molecule has 0 fully saturated rings. The van der Waals surface area contributed by atoms with Crippen molar-refractivity contribution < 1.29 is 27.4 Å². The number of hydrogen-bond donors (Lipinski definition) is 1. The molecular weight excluding hydrogens is 408 g/mol. The van der Waals surface area contributed by atoms with Gasteiger partial charge in [-0.25, -0.2) is 8.42 Å². The van der Waals surface area contributed by atoms with Gasteiger partial charge in [-0.2, -0.15) is 0 Å². The molecule has 1 atom stereocenters. The van der Waals surface area contributed by atoms with Crippen LogP contribution in [0.25, 0.3) is 0 Å². The van der Waals surface area contributed by atoms with Crippen molar-refractivity contribution in [3.63, 3.8) is 0 Å². The van der Waals surface area contributed by atoms with Gasteiger partial charge in [-0.15, -0.1) is 0 Å². The third-order valence-corrected chi connectivity index (χ3v) is 5.80. The van der Waals surface area contributed by atoms with Crippen molar-refractivity contribution in [3.8, 4) is 17.2 Å². The molecule has 30 heavy (non-hydrogen) atoms. The van der Waals surface area contributed by atoms with Gasteiger partial charge in [0.2, 0.25) is 15.9 Å². The second-order valence-electron chi connectivity index (χ2n) is 7.02. The van der Waals surface area contributed by atoms with Gasteiger partial charge in [0.25, 0.3) is 0 Å². The first-order chi connectivity index (χ1) is 14.3. The van der Waals surface area contributed by atoms with E-state index in [1.54, 1.807) is 18.2 Å². The topological polar surface area (TPSA) is 94.2 Å². The zero-order valence-electron chi connectivity index (χ0n) is 17.3. The van der Waals surface area contributed by atoms with Crippen molar-refractivity contribution in [2.45, 2.75) is 19.9 Å². The van der Waals surface area contributed by atoms with Gasteiger partial charge < -0.3 is 19.5 Å². The summed E-state index contributed by atoms with van der Waals surface area (Å²) in [6, 6.07) is 11.4. The van der Waals surface area contributed by atoms with Gasteiger partial charge in [0.1, 0.15) is 31.6 Å². The number of nitrogens with zero attached hydrogens (tertiary/aromatic N) is 1. The maximum atomic E-state index is 12.6. The van der Waals surface area contributed by atoms with Gasteiger partial charge in [-0.05, 0) is 38.1 Å². The summed E-state index contributed by atoms with van der Waals surface area (Å²) in [7, 11) is -3.72. The second-order valence-corrected chi connectivity index (χ2v) is 8.87. The molecule has 0 unspecified atom stereocenters. The van der Waals surface area contributed by atoms with Crippen molar-refractivity contribution >= 4 is 21.6 Å². The number of nitrogens with one attached hydrogen (secondary N) is 1. The first-order valence-corrected chi connectivity index (χ1v) is 11.5. The van der Waals surface area contributed by atoms with E-state index in [-0.39, 0.29) is 13.2 Å². The fraction of sp³-hybridized carbons (Fsp3) is 0.381. The van der Waals surface area contributed by atoms with Crippen LogP contribution in [-0.4, -0.2) is 53.0 Å². The number of aryl methyl sites for hydroxylation is 1. The van der Waals surface area contributed by atoms with E-state index in [1.807, 2.05) is 31.2 Å². The molecule has 0 bridgehead atoms. The van der Waals surface area contributed by atoms with Gasteiger partial charge in [-0.1, -0.05) is 17.7 Å². The molecule has 0 aromatic heterocycles. The number of hydrogen-bond acceptors (Lipinski definition) is 6. The van der Waals surface area contributed by atoms with Crippen molar-refractivity contribution in [1.29, 1.82) is 0 Å². The van der Waals surface area contributed by atoms with Crippen molar-refractivity contribution in [2.75, 3.05) is 36.9 Å². The van der Waals surface area contributed by atoms with Crippen LogP contribution in [0.3, 0.4) is 0 Å². The zero-order chi connectivity index (χ0) is 21.7. The number of carbonyl (C=O) groups is 1. The van der Waals surface area contributed by atoms with Crippen molar-refractivity contribution in [2.24, 2.45) is 0 Å². The number of fused-ring (bicyclic) bond motifs is 1. The van der Waals surface area contributed by atoms with Crippen LogP contribution in [0.2, 0.25) is 0 Å². The highest BCUT2D eigenvalue weighted by molar-refractivity contribution is 7.92. The summed E-state index contributed by atoms with van der Waals surface area (Å²) in [4.78, 5) is 12.6. The molecule has 1 amide bonds. The maximum Gasteiger partial charge on any atom is 0.243 e. The molecule has 1 aliphatic heterocycles. The first-order valence-electron chi connectivity index (χ1n) is 9.62. The molecule has 0 radical (unpaired) electrons. The Bertz CT molecular complexity index is 991. The van der Waals surface area contributed by atoms with Gasteiger partial charge >= 0.3 is 0 Å². The fourth-order valence-corrected chi connectivity index (χ4v) is 4.27. The van der Waals surface area contributed by atoms with E-state index in [9.17, 15) is 13.2 Å². The molecule has 162 valence electrons. The lowest BCUT2D eigenvalue weighted by molar-refractivity contribution is -0.121. The molecular formula is C21H26N2O6S. The predicted octanol–water partition coefficient (Wildman–Crippen LogP) is 2.12. The summed E-state index contributed by atoms with van der Waals surface area (Å²) < 4.78 is 42.5. The average Bonchev–Trinajstić information content (AvgIpc) is 2.71. The summed E-state index contributed by atoms with van der Waals surface area (Å²) >= 11 is 0. The van der Waals surface area contributed by atoms with E-state index in [0.717, 1.165) is 16.1 Å². The maximum absolute atomic E-state index is 12.6. The lowest BCUT2D eigenvalue weighted by atomic mass is 10.2. The van der Waals surface area contributed by atoms with Gasteiger partial charge in [-0.3, -0.25) is 9.10 Å². The van der Waals surface area contributed by atoms with Crippen LogP contribution in [0.4, 0.5) is 5.69 Å². The predicted molar refractivity (Wildman–Crippen MR) is 114 cm³/mol. The lowest BCUT2D eigenvalue weighted by Gasteiger charge is -2.29. The van der Waals surface area contributed by atoms with Gasteiger partial charge in [0, 0.05) is 6.07 Å². The third-order valence-electron chi connectivity index (χ3n) is 4.56. The van der Waals surface area contributed by atoms with E-state index in [1.165, 1.54) is 6.92 Å². The lowest BCUT2D eigenvalue weighted by Crippen LogP contribution is -2.48. The normalized spacial score (nSPS) is 14.0. The minimum Gasteiger partial charge on any atom is -0.492 e. The Balaban J connectivity index is 1.64. The van der Waals surface area contributed by atoms with E-state index >= 15 is 0 Å². The minimum absolute atomic E-state index is 0.246. The van der Waals surface area contributed by atoms with Crippen LogP contribution >= 0.6 is 0 Å². The smallest absolute Gasteiger partial charge is 0.243 e. The largest absolute Gasteiger partial charge is 0.492 e. The van der Waals surface area contributed by atoms with Gasteiger partial charge in [0.15, 0.2) is 11.5 Å². The molecule has 0 saturated heterocycles. The second kappa shape index (κ2) is 9.25. The summed E-state index contributed by atoms with van der Waals surface area (Å²) in [6.07, 6.45) is 1.06. The molecule has 0 aliphatic carbocycles. The average molecular weight is 435 g/mol. The number of amides is 1. The quantitative estimate of drug-likeness (QED) is 0.640. The summed E-state index contributed by atoms with van der Waals surface area (Å²) in [5.41, 5.74) is 1.46. The fourth-order valence-electron chi connectivity index (χ4n) is 3.10. The molecule has 8 nitrogen and oxygen atoms in total. The Morgan fingerprint density at radius 3 is 2.47 bits per heavy atom. The molecule has 1 N–H and O–H groups in total. The van der Waals surface area contributed by atoms with E-state index in [2.05, 4.69) is 5.32 Å². The van der Waals surface area contributed by atoms with Crippen LogP contribution < -0.4 is 23.8 Å². The van der Waals surface area contributed by atoms with Crippen molar-refractivity contribution in [3.05, 3.63) is 48.0 Å². The molecule has 0 saturated carbocycles. The Labute approximate surface area is 176 Å². The zero-order valence-corrected chi connectivity index (χ0v) is 18.1. The number of anilines is 1. The Hall–Kier alpha value is -2.94. The minimum atomic E-state index is -3.72. The number of benzene rings is 2. The standard InChI is InChI=1S/C21H26N2O6S/c1-15-4-7-18(8-5-15)27-11-10-22-21(24)16(2)23(30(3,25)26)17-6-9-19-20(14-17)29-13-12-28-19/h4-9,14,16H,10-13H2,1-3H3,(H,22,24)/t16-/m0/s1. The van der Waals surface area contributed by atoms with Crippen LogP contribution in [0.1, 0.15) is 12.5 Å². The highest BCUT2D eigenvalue weighted by Crippen LogP contribution is 2.35. The SMILES string of the molecule is Cc1ccc(OCCNC(=O)[C@H](C)N(c2ccc3c(c2)OCCO3)S(C)(=O)=O)cc1. The highest BCUT2D eigenvalue weighted by atomic mass is 32.2. The summed E-state index contributed by atoms with van der Waals surface area (Å²) in [6.45, 7) is 4.85. The monoisotopic (exact) mass is 434 g/mol. The van der Waals surface area contributed by atoms with Crippen LogP contribution in [0.15, 0.2) is 42.5 Å². The molecule has 3 rings (SSSR count). The Morgan fingerprint density at radius 2 is 1.80 bits per heavy atom. The van der Waals surface area contributed by atoms with E-state index < -0.39 is 22.0 Å². The van der Waals surface area contributed by atoms with Crippen LogP contribution in [0, 0.1) is 6.92 Å². The third kappa shape index (κ3) is 5.35. The molecule has 9 heteroatoms. The number of carbonyl (C=O) groups excluding carboxylic acids is 1. The van der Waals surface area contributed by atoms with Crippen LogP contribution in [0.5, 0.6) is 17.2 Å². The Morgan fingerprint density at radius 1 is 1.13 bits per heavy atom. The summed E-state index contributed by atoms with van der Waals surface area (Å²) in [5, 5.41) is 2.72. The first kappa shape index (κ1) is 21.8. The van der Waals surface area contributed by atoms with Crippen LogP contribution in [-0.2, 0) is 14.8 Å². The van der Waals surface area contributed by atoms with Crippen molar-refractivity contribution in [1.82, 2.24) is 5.32 Å². The molecule has 2 aromatic carbocycles. The van der Waals surface area contributed by atoms with E-state index in [0.29, 0.717) is 36.1 Å².